The van der Waals surface area contributed by atoms with Gasteiger partial charge in [0.15, 0.2) is 0 Å². The Bertz CT molecular complexity index is 1440. The fourth-order valence-corrected chi connectivity index (χ4v) is 9.25. The Morgan fingerprint density at radius 1 is 1.16 bits per heavy atom. The topological polar surface area (TPSA) is 122 Å². The summed E-state index contributed by atoms with van der Waals surface area (Å²) >= 11 is 0. The number of hydrogen-bond acceptors (Lipinski definition) is 7. The minimum Gasteiger partial charge on any atom is -0.396 e. The molecule has 0 heterocycles. The Morgan fingerprint density at radius 2 is 1.92 bits per heavy atom. The molecule has 1 aromatic carbocycles. The summed E-state index contributed by atoms with van der Waals surface area (Å²) in [6.07, 6.45) is 17.5. The first-order chi connectivity index (χ1) is 24.0. The number of aliphatic hydroxyl groups excluding tert-OH is 3. The number of benzene rings is 1. The molecule has 0 amide bonds. The van der Waals surface area contributed by atoms with Crippen LogP contribution in [0.25, 0.3) is 0 Å². The molecule has 7 heteroatoms. The second-order valence-electron chi connectivity index (χ2n) is 15.1. The predicted molar refractivity (Wildman–Crippen MR) is 203 cm³/mol. The molecule has 0 radical (unpaired) electrons. The molecule has 2 fully saturated rings. The number of fused-ring (bicyclic) bond motifs is 3. The van der Waals surface area contributed by atoms with Gasteiger partial charge in [-0.2, -0.15) is 0 Å². The van der Waals surface area contributed by atoms with Gasteiger partial charge in [-0.25, -0.2) is 0 Å². The van der Waals surface area contributed by atoms with Gasteiger partial charge in [-0.3, -0.25) is 4.79 Å². The highest BCUT2D eigenvalue weighted by Crippen LogP contribution is 2.67. The molecule has 0 unspecified atom stereocenters. The Hall–Kier alpha value is -2.91. The fourth-order valence-electron chi connectivity index (χ4n) is 9.25. The zero-order valence-electron chi connectivity index (χ0n) is 30.8. The van der Waals surface area contributed by atoms with Crippen LogP contribution < -0.4 is 10.6 Å². The minimum absolute atomic E-state index is 0.0230. The van der Waals surface area contributed by atoms with Crippen molar-refractivity contribution in [1.82, 2.24) is 10.6 Å². The first kappa shape index (κ1) is 39.9. The quantitative estimate of drug-likeness (QED) is 0.0501. The van der Waals surface area contributed by atoms with Crippen molar-refractivity contribution in [3.8, 4) is 0 Å². The zero-order valence-corrected chi connectivity index (χ0v) is 30.8. The molecule has 2 saturated carbocycles. The van der Waals surface area contributed by atoms with Crippen molar-refractivity contribution in [3.63, 3.8) is 0 Å². The standard InChI is InChI=1S/C43H62N2O5/c1-30(11-9-13-31(2)27-45-33(4)25-34-14-7-6-8-15-34)12-10-16-37(29-48)38-19-21-43(41(38)49)40-35(20-24-46)17-18-36(39(40)32(3)28-47)26-42(43,50)22-23-44-5/h6-8,10,12-18,28,33,35-36,38,40-41,44-46,48-50H,1,9,11,19-27,29H2,2-5H3/b12-10+,31-13+,37-16-,39-32?/t33-,35+,36+,38+,40+,41-,42-,43-/m1/s1. The van der Waals surface area contributed by atoms with Crippen LogP contribution in [0.3, 0.4) is 0 Å². The lowest BCUT2D eigenvalue weighted by atomic mass is 9.45. The number of hydrogen-bond donors (Lipinski definition) is 6. The van der Waals surface area contributed by atoms with Gasteiger partial charge in [0.25, 0.3) is 0 Å². The van der Waals surface area contributed by atoms with Gasteiger partial charge in [0, 0.05) is 36.4 Å². The molecule has 1 aromatic rings. The summed E-state index contributed by atoms with van der Waals surface area (Å²) in [5.74, 6) is -0.860. The van der Waals surface area contributed by atoms with Crippen molar-refractivity contribution in [1.29, 1.82) is 0 Å². The number of carbonyl (C=O) groups is 1. The van der Waals surface area contributed by atoms with Crippen LogP contribution in [0, 0.1) is 29.1 Å². The molecule has 2 bridgehead atoms. The van der Waals surface area contributed by atoms with E-state index in [1.165, 1.54) is 11.1 Å². The molecule has 6 N–H and O–H groups in total. The maximum absolute atomic E-state index is 12.6. The molecule has 7 nitrogen and oxygen atoms in total. The Morgan fingerprint density at radius 3 is 2.60 bits per heavy atom. The predicted octanol–water partition coefficient (Wildman–Crippen LogP) is 5.78. The molecule has 3 aliphatic carbocycles. The molecular formula is C43H62N2O5. The van der Waals surface area contributed by atoms with Crippen molar-refractivity contribution in [2.24, 2.45) is 29.1 Å². The highest BCUT2D eigenvalue weighted by molar-refractivity contribution is 5.74. The Labute approximate surface area is 300 Å². The number of nitrogens with one attached hydrogen (secondary N) is 2. The van der Waals surface area contributed by atoms with E-state index in [2.05, 4.69) is 73.6 Å². The van der Waals surface area contributed by atoms with Gasteiger partial charge < -0.3 is 31.1 Å². The average molecular weight is 687 g/mol. The van der Waals surface area contributed by atoms with E-state index in [-0.39, 0.29) is 36.9 Å². The second kappa shape index (κ2) is 18.5. The normalized spacial score (nSPS) is 31.4. The molecule has 3 aliphatic rings. The van der Waals surface area contributed by atoms with E-state index in [1.54, 1.807) is 0 Å². The summed E-state index contributed by atoms with van der Waals surface area (Å²) < 4.78 is 0. The number of allylic oxidation sites excluding steroid dienone is 9. The molecule has 0 aliphatic heterocycles. The van der Waals surface area contributed by atoms with Crippen molar-refractivity contribution >= 4 is 6.29 Å². The van der Waals surface area contributed by atoms with Crippen LogP contribution in [-0.2, 0) is 11.2 Å². The third-order valence-electron chi connectivity index (χ3n) is 11.8. The van der Waals surface area contributed by atoms with E-state index in [4.69, 9.17) is 0 Å². The summed E-state index contributed by atoms with van der Waals surface area (Å²) in [5.41, 5.74) is 3.85. The van der Waals surface area contributed by atoms with E-state index in [0.29, 0.717) is 50.3 Å². The first-order valence-electron chi connectivity index (χ1n) is 18.6. The van der Waals surface area contributed by atoms with E-state index >= 15 is 0 Å². The molecule has 8 atom stereocenters. The van der Waals surface area contributed by atoms with Crippen LogP contribution >= 0.6 is 0 Å². The maximum atomic E-state index is 12.6. The number of aldehydes is 1. The van der Waals surface area contributed by atoms with Crippen LogP contribution in [0.1, 0.15) is 71.3 Å². The second-order valence-corrected chi connectivity index (χ2v) is 15.1. The smallest absolute Gasteiger partial charge is 0.145 e. The molecule has 0 saturated heterocycles. The summed E-state index contributed by atoms with van der Waals surface area (Å²) in [5, 5.41) is 52.5. The number of carbonyl (C=O) groups excluding carboxylic acids is 1. The van der Waals surface area contributed by atoms with Crippen LogP contribution in [-0.4, -0.2) is 77.8 Å². The van der Waals surface area contributed by atoms with Crippen LogP contribution in [0.15, 0.2) is 101 Å². The van der Waals surface area contributed by atoms with Gasteiger partial charge in [0.2, 0.25) is 0 Å². The highest BCUT2D eigenvalue weighted by Gasteiger charge is 2.68. The molecule has 0 aromatic heterocycles. The summed E-state index contributed by atoms with van der Waals surface area (Å²) in [6.45, 7) is 11.6. The van der Waals surface area contributed by atoms with Gasteiger partial charge in [-0.05, 0) is 114 Å². The molecule has 50 heavy (non-hydrogen) atoms. The van der Waals surface area contributed by atoms with Crippen molar-refractivity contribution in [3.05, 3.63) is 107 Å². The van der Waals surface area contributed by atoms with E-state index < -0.39 is 17.1 Å². The SMILES string of the molecule is C=C(/C=C/C=C(/CO)[C@@H]1CC[C@]2([C@@H]1O)[C@@H]1C(=C(C)C=O)[C@@H](C=C[C@H]1CCO)C[C@]2(O)CCNC)CC/C=C(\C)CN[C@H](C)Cc1ccccc1. The van der Waals surface area contributed by atoms with Crippen molar-refractivity contribution in [2.45, 2.75) is 89.9 Å². The van der Waals surface area contributed by atoms with E-state index in [0.717, 1.165) is 48.8 Å². The monoisotopic (exact) mass is 686 g/mol. The number of rotatable bonds is 18. The van der Waals surface area contributed by atoms with Gasteiger partial charge in [0.1, 0.15) is 6.29 Å². The average Bonchev–Trinajstić information content (AvgIpc) is 3.45. The van der Waals surface area contributed by atoms with Crippen LogP contribution in [0.4, 0.5) is 0 Å². The van der Waals surface area contributed by atoms with Gasteiger partial charge in [-0.15, -0.1) is 0 Å². The third-order valence-corrected chi connectivity index (χ3v) is 11.8. The first-order valence-corrected chi connectivity index (χ1v) is 18.6. The summed E-state index contributed by atoms with van der Waals surface area (Å²) in [7, 11) is 1.86. The molecular weight excluding hydrogens is 624 g/mol. The zero-order chi connectivity index (χ0) is 36.3. The van der Waals surface area contributed by atoms with Gasteiger partial charge in [-0.1, -0.05) is 90.1 Å². The third kappa shape index (κ3) is 8.93. The molecule has 274 valence electrons. The Balaban J connectivity index is 1.45. The summed E-state index contributed by atoms with van der Waals surface area (Å²) in [4.78, 5) is 12.2. The summed E-state index contributed by atoms with van der Waals surface area (Å²) in [6, 6.07) is 10.9. The maximum Gasteiger partial charge on any atom is 0.145 e. The van der Waals surface area contributed by atoms with Gasteiger partial charge >= 0.3 is 0 Å². The number of aliphatic hydroxyl groups is 4. The lowest BCUT2D eigenvalue weighted by molar-refractivity contribution is -0.194. The van der Waals surface area contributed by atoms with Gasteiger partial charge in [0.05, 0.1) is 18.3 Å². The largest absolute Gasteiger partial charge is 0.396 e. The van der Waals surface area contributed by atoms with E-state index in [9.17, 15) is 25.2 Å². The van der Waals surface area contributed by atoms with E-state index in [1.807, 2.05) is 38.3 Å². The minimum atomic E-state index is -1.20. The molecule has 1 spiro atoms. The van der Waals surface area contributed by atoms with Crippen molar-refractivity contribution in [2.75, 3.05) is 33.4 Å². The highest BCUT2D eigenvalue weighted by atomic mass is 16.3. The fraction of sp³-hybridized carbons (Fsp3) is 0.558. The lowest BCUT2D eigenvalue weighted by Gasteiger charge is -2.61. The van der Waals surface area contributed by atoms with Crippen LogP contribution in [0.2, 0.25) is 0 Å². The molecule has 4 rings (SSSR count). The van der Waals surface area contributed by atoms with Crippen LogP contribution in [0.5, 0.6) is 0 Å². The van der Waals surface area contributed by atoms with Crippen molar-refractivity contribution < 1.29 is 25.2 Å². The Kier molecular flexibility index (Phi) is 14.8. The lowest BCUT2D eigenvalue weighted by Crippen LogP contribution is -2.65.